The lowest BCUT2D eigenvalue weighted by Gasteiger charge is -2.25. The van der Waals surface area contributed by atoms with Crippen LogP contribution in [0.15, 0.2) is 18.2 Å². The van der Waals surface area contributed by atoms with E-state index in [1.807, 2.05) is 26.8 Å². The molecule has 0 radical (unpaired) electrons. The summed E-state index contributed by atoms with van der Waals surface area (Å²) in [4.78, 5) is 0. The van der Waals surface area contributed by atoms with Crippen molar-refractivity contribution in [3.05, 3.63) is 23.8 Å². The van der Waals surface area contributed by atoms with Gasteiger partial charge >= 0.3 is 0 Å². The zero-order valence-corrected chi connectivity index (χ0v) is 13.7. The van der Waals surface area contributed by atoms with Gasteiger partial charge in [-0.25, -0.2) is 0 Å². The smallest absolute Gasteiger partial charge is 0.161 e. The van der Waals surface area contributed by atoms with Crippen LogP contribution in [0.4, 0.5) is 0 Å². The van der Waals surface area contributed by atoms with Gasteiger partial charge in [0.25, 0.3) is 0 Å². The summed E-state index contributed by atoms with van der Waals surface area (Å²) in [6.45, 7) is 14.1. The van der Waals surface area contributed by atoms with E-state index >= 15 is 0 Å². The van der Waals surface area contributed by atoms with Crippen molar-refractivity contribution in [2.45, 2.75) is 66.2 Å². The van der Waals surface area contributed by atoms with Gasteiger partial charge in [0.05, 0.1) is 12.7 Å². The molecule has 20 heavy (non-hydrogen) atoms. The highest BCUT2D eigenvalue weighted by Gasteiger charge is 2.14. The molecule has 0 aliphatic rings. The number of rotatable bonds is 8. The number of ether oxygens (including phenoxy) is 2. The van der Waals surface area contributed by atoms with E-state index in [1.54, 1.807) is 0 Å². The van der Waals surface area contributed by atoms with E-state index in [9.17, 15) is 0 Å². The summed E-state index contributed by atoms with van der Waals surface area (Å²) in [7, 11) is 0. The van der Waals surface area contributed by atoms with Gasteiger partial charge < -0.3 is 14.8 Å². The monoisotopic (exact) mass is 279 g/mol. The summed E-state index contributed by atoms with van der Waals surface area (Å²) in [5.74, 6) is 1.65. The number of hydrogen-bond acceptors (Lipinski definition) is 3. The van der Waals surface area contributed by atoms with Crippen molar-refractivity contribution < 1.29 is 9.47 Å². The highest BCUT2D eigenvalue weighted by Crippen LogP contribution is 2.29. The van der Waals surface area contributed by atoms with Crippen molar-refractivity contribution in [2.75, 3.05) is 6.61 Å². The lowest BCUT2D eigenvalue weighted by Crippen LogP contribution is -2.37. The highest BCUT2D eigenvalue weighted by atomic mass is 16.5. The SMILES string of the molecule is CCOc1cc(CNC(C)(C)CC)ccc1OC(C)C. The molecule has 0 fully saturated rings. The summed E-state index contributed by atoms with van der Waals surface area (Å²) in [6.07, 6.45) is 1.25. The van der Waals surface area contributed by atoms with Crippen LogP contribution in [0.5, 0.6) is 11.5 Å². The second kappa shape index (κ2) is 7.53. The van der Waals surface area contributed by atoms with Crippen molar-refractivity contribution in [3.63, 3.8) is 0 Å². The van der Waals surface area contributed by atoms with Crippen LogP contribution in [-0.4, -0.2) is 18.2 Å². The van der Waals surface area contributed by atoms with Gasteiger partial charge in [-0.1, -0.05) is 13.0 Å². The maximum atomic E-state index is 5.77. The zero-order valence-electron chi connectivity index (χ0n) is 13.7. The molecule has 0 atom stereocenters. The number of benzene rings is 1. The average molecular weight is 279 g/mol. The summed E-state index contributed by atoms with van der Waals surface area (Å²) < 4.78 is 11.5. The Kier molecular flexibility index (Phi) is 6.34. The molecule has 0 aliphatic heterocycles. The third kappa shape index (κ3) is 5.41. The van der Waals surface area contributed by atoms with Crippen LogP contribution < -0.4 is 14.8 Å². The second-order valence-electron chi connectivity index (χ2n) is 5.97. The maximum absolute atomic E-state index is 5.77. The average Bonchev–Trinajstić information content (AvgIpc) is 2.39. The predicted octanol–water partition coefficient (Wildman–Crippen LogP) is 4.15. The fourth-order valence-corrected chi connectivity index (χ4v) is 1.75. The minimum atomic E-state index is 0.150. The van der Waals surface area contributed by atoms with Gasteiger partial charge in [0.1, 0.15) is 0 Å². The minimum absolute atomic E-state index is 0.150. The molecule has 1 aromatic carbocycles. The molecule has 1 N–H and O–H groups in total. The van der Waals surface area contributed by atoms with Gasteiger partial charge in [0, 0.05) is 12.1 Å². The lowest BCUT2D eigenvalue weighted by molar-refractivity contribution is 0.223. The van der Waals surface area contributed by atoms with E-state index in [1.165, 1.54) is 5.56 Å². The molecule has 0 saturated heterocycles. The van der Waals surface area contributed by atoms with E-state index in [-0.39, 0.29) is 11.6 Å². The van der Waals surface area contributed by atoms with E-state index in [0.29, 0.717) is 6.61 Å². The number of hydrogen-bond donors (Lipinski definition) is 1. The molecular formula is C17H29NO2. The summed E-state index contributed by atoms with van der Waals surface area (Å²) in [5, 5.41) is 3.56. The van der Waals surface area contributed by atoms with E-state index in [4.69, 9.17) is 9.47 Å². The molecule has 0 aliphatic carbocycles. The molecule has 3 heteroatoms. The fraction of sp³-hybridized carbons (Fsp3) is 0.647. The molecular weight excluding hydrogens is 250 g/mol. The van der Waals surface area contributed by atoms with Gasteiger partial charge in [-0.05, 0) is 58.7 Å². The van der Waals surface area contributed by atoms with Crippen LogP contribution in [0.3, 0.4) is 0 Å². The maximum Gasteiger partial charge on any atom is 0.161 e. The highest BCUT2D eigenvalue weighted by molar-refractivity contribution is 5.43. The Hall–Kier alpha value is -1.22. The fourth-order valence-electron chi connectivity index (χ4n) is 1.75. The van der Waals surface area contributed by atoms with Crippen LogP contribution in [0.1, 0.15) is 53.5 Å². The van der Waals surface area contributed by atoms with Crippen LogP contribution in [-0.2, 0) is 6.54 Å². The lowest BCUT2D eigenvalue weighted by atomic mass is 10.0. The van der Waals surface area contributed by atoms with Crippen molar-refractivity contribution in [2.24, 2.45) is 0 Å². The molecule has 1 rings (SSSR count). The first-order valence-corrected chi connectivity index (χ1v) is 7.55. The Morgan fingerprint density at radius 1 is 1.15 bits per heavy atom. The molecule has 0 amide bonds. The van der Waals surface area contributed by atoms with Gasteiger partial charge in [0.15, 0.2) is 11.5 Å². The molecule has 0 unspecified atom stereocenters. The second-order valence-corrected chi connectivity index (χ2v) is 5.97. The predicted molar refractivity (Wildman–Crippen MR) is 84.6 cm³/mol. The van der Waals surface area contributed by atoms with Crippen molar-refractivity contribution in [1.29, 1.82) is 0 Å². The van der Waals surface area contributed by atoms with Gasteiger partial charge in [-0.2, -0.15) is 0 Å². The molecule has 114 valence electrons. The van der Waals surface area contributed by atoms with Crippen LogP contribution in [0.2, 0.25) is 0 Å². The molecule has 0 spiro atoms. The van der Waals surface area contributed by atoms with Crippen molar-refractivity contribution >= 4 is 0 Å². The molecule has 1 aromatic rings. The molecule has 3 nitrogen and oxygen atoms in total. The molecule has 0 aromatic heterocycles. The van der Waals surface area contributed by atoms with Crippen LogP contribution in [0, 0.1) is 0 Å². The van der Waals surface area contributed by atoms with E-state index in [0.717, 1.165) is 24.5 Å². The zero-order chi connectivity index (χ0) is 15.2. The Labute approximate surface area is 123 Å². The Morgan fingerprint density at radius 2 is 1.85 bits per heavy atom. The largest absolute Gasteiger partial charge is 0.490 e. The quantitative estimate of drug-likeness (QED) is 0.775. The first-order chi connectivity index (χ1) is 9.38. The van der Waals surface area contributed by atoms with E-state index in [2.05, 4.69) is 38.2 Å². The van der Waals surface area contributed by atoms with Crippen molar-refractivity contribution in [3.8, 4) is 11.5 Å². The normalized spacial score (nSPS) is 11.8. The Bertz CT molecular complexity index is 413. The van der Waals surface area contributed by atoms with Crippen molar-refractivity contribution in [1.82, 2.24) is 5.32 Å². The third-order valence-electron chi connectivity index (χ3n) is 3.33. The summed E-state index contributed by atoms with van der Waals surface area (Å²) in [6, 6.07) is 6.17. The van der Waals surface area contributed by atoms with Gasteiger partial charge in [-0.3, -0.25) is 0 Å². The van der Waals surface area contributed by atoms with E-state index < -0.39 is 0 Å². The van der Waals surface area contributed by atoms with Crippen LogP contribution >= 0.6 is 0 Å². The summed E-state index contributed by atoms with van der Waals surface area (Å²) in [5.41, 5.74) is 1.37. The third-order valence-corrected chi connectivity index (χ3v) is 3.33. The minimum Gasteiger partial charge on any atom is -0.490 e. The van der Waals surface area contributed by atoms with Gasteiger partial charge in [0.2, 0.25) is 0 Å². The first kappa shape index (κ1) is 16.8. The molecule has 0 bridgehead atoms. The molecule has 0 heterocycles. The Morgan fingerprint density at radius 3 is 2.40 bits per heavy atom. The summed E-state index contributed by atoms with van der Waals surface area (Å²) >= 11 is 0. The number of nitrogens with one attached hydrogen (secondary N) is 1. The Balaban J connectivity index is 2.81. The first-order valence-electron chi connectivity index (χ1n) is 7.55. The van der Waals surface area contributed by atoms with Gasteiger partial charge in [-0.15, -0.1) is 0 Å². The standard InChI is InChI=1S/C17H29NO2/c1-7-17(5,6)18-12-14-9-10-15(20-13(3)4)16(11-14)19-8-2/h9-11,13,18H,7-8,12H2,1-6H3. The topological polar surface area (TPSA) is 30.5 Å². The van der Waals surface area contributed by atoms with Crippen LogP contribution in [0.25, 0.3) is 0 Å². The molecule has 0 saturated carbocycles.